The number of carbonyl (C=O) groups excluding carboxylic acids is 1. The van der Waals surface area contributed by atoms with Crippen LogP contribution in [0.1, 0.15) is 29.7 Å². The van der Waals surface area contributed by atoms with Gasteiger partial charge in [0.15, 0.2) is 5.56 Å². The van der Waals surface area contributed by atoms with Gasteiger partial charge in [0.1, 0.15) is 0 Å². The normalized spacial score (nSPS) is 19.5. The smallest absolute Gasteiger partial charge is 0.364 e. The van der Waals surface area contributed by atoms with Crippen molar-refractivity contribution in [3.05, 3.63) is 76.6 Å². The van der Waals surface area contributed by atoms with Gasteiger partial charge in [-0.05, 0) is 61.2 Å². The number of carbonyl (C=O) groups is 1. The summed E-state index contributed by atoms with van der Waals surface area (Å²) in [4.78, 5) is 27.8. The number of nitrogens with one attached hydrogen (secondary N) is 2. The highest BCUT2D eigenvalue weighted by molar-refractivity contribution is 8.05. The van der Waals surface area contributed by atoms with Crippen LogP contribution in [0.15, 0.2) is 59.8 Å². The van der Waals surface area contributed by atoms with Crippen molar-refractivity contribution in [3.63, 3.8) is 0 Å². The molecule has 1 amide bonds. The number of amides is 1. The first kappa shape index (κ1) is 27.1. The number of aliphatic hydroxyl groups is 1. The molecule has 4 heterocycles. The van der Waals surface area contributed by atoms with E-state index in [0.29, 0.717) is 40.3 Å². The van der Waals surface area contributed by atoms with Crippen LogP contribution < -0.4 is 15.5 Å². The Kier molecular flexibility index (Phi) is 8.15. The van der Waals surface area contributed by atoms with Gasteiger partial charge in [0.05, 0.1) is 21.9 Å². The lowest BCUT2D eigenvalue weighted by molar-refractivity contribution is -0.137. The van der Waals surface area contributed by atoms with E-state index in [-0.39, 0.29) is 5.91 Å². The highest BCUT2D eigenvalue weighted by Gasteiger charge is 2.30. The lowest BCUT2D eigenvalue weighted by Gasteiger charge is -2.32. The number of aromatic nitrogens is 3. The van der Waals surface area contributed by atoms with Gasteiger partial charge in [-0.25, -0.2) is 9.97 Å². The van der Waals surface area contributed by atoms with Crippen molar-refractivity contribution in [1.29, 1.82) is 0 Å². The summed E-state index contributed by atoms with van der Waals surface area (Å²) in [5, 5.41) is 15.5. The molecule has 0 radical (unpaired) electrons. The number of piperidine rings is 1. The van der Waals surface area contributed by atoms with E-state index in [1.54, 1.807) is 24.5 Å². The zero-order valence-electron chi connectivity index (χ0n) is 20.9. The van der Waals surface area contributed by atoms with Crippen LogP contribution in [0.4, 0.5) is 19.1 Å². The molecule has 8 nitrogen and oxygen atoms in total. The van der Waals surface area contributed by atoms with Gasteiger partial charge in [-0.15, -0.1) is 0 Å². The number of halogens is 3. The number of benzene rings is 1. The summed E-state index contributed by atoms with van der Waals surface area (Å²) >= 11 is 1.05. The summed E-state index contributed by atoms with van der Waals surface area (Å²) in [5.74, 6) is 0.743. The van der Waals surface area contributed by atoms with E-state index in [9.17, 15) is 23.1 Å². The molecule has 5 rings (SSSR count). The van der Waals surface area contributed by atoms with Crippen LogP contribution >= 0.6 is 11.8 Å². The van der Waals surface area contributed by atoms with Crippen molar-refractivity contribution in [1.82, 2.24) is 25.6 Å². The van der Waals surface area contributed by atoms with Crippen molar-refractivity contribution in [2.45, 2.75) is 31.1 Å². The largest absolute Gasteiger partial charge is 0.416 e. The Bertz CT molecular complexity index is 1340. The lowest BCUT2D eigenvalue weighted by Crippen LogP contribution is -2.38. The minimum absolute atomic E-state index is 0.321. The molecule has 1 aromatic carbocycles. The topological polar surface area (TPSA) is 103 Å². The van der Waals surface area contributed by atoms with Crippen LogP contribution in [0.25, 0.3) is 17.3 Å². The quantitative estimate of drug-likeness (QED) is 0.375. The number of anilines is 1. The molecule has 1 atom stereocenters. The molecule has 12 heteroatoms. The van der Waals surface area contributed by atoms with E-state index in [1.165, 1.54) is 12.1 Å². The predicted octanol–water partition coefficient (Wildman–Crippen LogP) is 4.04. The van der Waals surface area contributed by atoms with Gasteiger partial charge < -0.3 is 20.6 Å². The number of hydrogen-bond acceptors (Lipinski definition) is 8. The average molecular weight is 557 g/mol. The molecule has 0 saturated carbocycles. The van der Waals surface area contributed by atoms with E-state index in [4.69, 9.17) is 0 Å². The van der Waals surface area contributed by atoms with Crippen LogP contribution in [0.5, 0.6) is 0 Å². The predicted molar refractivity (Wildman–Crippen MR) is 143 cm³/mol. The van der Waals surface area contributed by atoms with Crippen LogP contribution in [0, 0.1) is 5.92 Å². The Balaban J connectivity index is 1.14. The highest BCUT2D eigenvalue weighted by atomic mass is 32.2. The van der Waals surface area contributed by atoms with E-state index in [1.807, 2.05) is 12.1 Å². The van der Waals surface area contributed by atoms with Crippen LogP contribution in [0.2, 0.25) is 0 Å². The van der Waals surface area contributed by atoms with Crippen molar-refractivity contribution in [2.24, 2.45) is 5.92 Å². The van der Waals surface area contributed by atoms with Crippen LogP contribution in [-0.4, -0.2) is 51.2 Å². The lowest BCUT2D eigenvalue weighted by atomic mass is 9.96. The Morgan fingerprint density at radius 2 is 1.87 bits per heavy atom. The summed E-state index contributed by atoms with van der Waals surface area (Å²) in [6.45, 7) is 2.95. The second-order valence-electron chi connectivity index (χ2n) is 9.38. The first-order valence-electron chi connectivity index (χ1n) is 12.5. The maximum atomic E-state index is 12.9. The molecule has 3 N–H and O–H groups in total. The second-order valence-corrected chi connectivity index (χ2v) is 10.5. The molecule has 2 aliphatic heterocycles. The third-order valence-corrected chi connectivity index (χ3v) is 7.58. The standard InChI is InChI=1S/C27H27F3N6O2S/c28-27(29,30)20-5-3-18(4-6-20)23-19(2-1-10-32-23)16-31-15-17-8-12-36(13-9-17)25-33-11-7-21(34-25)14-22-24(37)35-26(38)39-22/h1-7,10-11,14,17,26,31,38H,8-9,12-13,15-16H2,(H,35,37)/b22-14-. The summed E-state index contributed by atoms with van der Waals surface area (Å²) in [7, 11) is 0. The molecule has 0 aliphatic carbocycles. The number of rotatable bonds is 7. The summed E-state index contributed by atoms with van der Waals surface area (Å²) in [6.07, 6.45) is 2.49. The molecule has 2 aliphatic rings. The van der Waals surface area contributed by atoms with Crippen molar-refractivity contribution in [2.75, 3.05) is 24.5 Å². The minimum atomic E-state index is -4.37. The first-order chi connectivity index (χ1) is 18.8. The molecule has 0 spiro atoms. The minimum Gasteiger partial charge on any atom is -0.364 e. The highest BCUT2D eigenvalue weighted by Crippen LogP contribution is 2.31. The zero-order valence-corrected chi connectivity index (χ0v) is 21.7. The van der Waals surface area contributed by atoms with Crippen LogP contribution in [-0.2, 0) is 17.5 Å². The average Bonchev–Trinajstić information content (AvgIpc) is 3.25. The van der Waals surface area contributed by atoms with Crippen molar-refractivity contribution < 1.29 is 23.1 Å². The van der Waals surface area contributed by atoms with Crippen LogP contribution in [0.3, 0.4) is 0 Å². The monoisotopic (exact) mass is 556 g/mol. The maximum absolute atomic E-state index is 12.9. The molecule has 39 heavy (non-hydrogen) atoms. The van der Waals surface area contributed by atoms with Gasteiger partial charge in [0, 0.05) is 37.6 Å². The summed E-state index contributed by atoms with van der Waals surface area (Å²) in [5.41, 5.74) is 1.24. The third-order valence-electron chi connectivity index (χ3n) is 6.68. The fraction of sp³-hybridized carbons (Fsp3) is 0.333. The fourth-order valence-electron chi connectivity index (χ4n) is 4.62. The van der Waals surface area contributed by atoms with Gasteiger partial charge in [-0.1, -0.05) is 30.0 Å². The first-order valence-corrected chi connectivity index (χ1v) is 13.4. The molecule has 3 aromatic rings. The molecule has 204 valence electrons. The summed E-state index contributed by atoms with van der Waals surface area (Å²) in [6, 6.07) is 10.6. The second kappa shape index (κ2) is 11.7. The third kappa shape index (κ3) is 6.75. The van der Waals surface area contributed by atoms with Crippen molar-refractivity contribution in [3.8, 4) is 11.3 Å². The number of pyridine rings is 1. The Labute approximate surface area is 227 Å². The fourth-order valence-corrected chi connectivity index (χ4v) is 5.38. The number of hydrogen-bond donors (Lipinski definition) is 3. The van der Waals surface area contributed by atoms with E-state index in [2.05, 4.69) is 30.5 Å². The SMILES string of the molecule is O=C1NC(O)S/C1=C\c1ccnc(N2CCC(CNCc3cccnc3-c3ccc(C(F)(F)F)cc3)CC2)n1. The zero-order chi connectivity index (χ0) is 27.4. The van der Waals surface area contributed by atoms with Crippen molar-refractivity contribution >= 4 is 29.7 Å². The van der Waals surface area contributed by atoms with Gasteiger partial charge in [-0.3, -0.25) is 9.78 Å². The molecule has 0 bridgehead atoms. The summed E-state index contributed by atoms with van der Waals surface area (Å²) < 4.78 is 38.8. The van der Waals surface area contributed by atoms with E-state index < -0.39 is 17.3 Å². The van der Waals surface area contributed by atoms with Gasteiger partial charge >= 0.3 is 6.18 Å². The Morgan fingerprint density at radius 1 is 1.10 bits per heavy atom. The molecular formula is C27H27F3N6O2S. The number of nitrogens with zero attached hydrogens (tertiary/aromatic N) is 4. The Hall–Kier alpha value is -3.48. The maximum Gasteiger partial charge on any atom is 0.416 e. The van der Waals surface area contributed by atoms with Gasteiger partial charge in [-0.2, -0.15) is 13.2 Å². The molecule has 2 saturated heterocycles. The molecular weight excluding hydrogens is 529 g/mol. The molecule has 2 fully saturated rings. The molecule has 1 unspecified atom stereocenters. The van der Waals surface area contributed by atoms with E-state index >= 15 is 0 Å². The number of aliphatic hydroxyl groups excluding tert-OH is 1. The van der Waals surface area contributed by atoms with Gasteiger partial charge in [0.25, 0.3) is 5.91 Å². The number of thioether (sulfide) groups is 1. The van der Waals surface area contributed by atoms with Gasteiger partial charge in [0.2, 0.25) is 5.95 Å². The molecule has 2 aromatic heterocycles. The van der Waals surface area contributed by atoms with E-state index in [0.717, 1.165) is 61.9 Å². The number of alkyl halides is 3. The Morgan fingerprint density at radius 3 is 2.56 bits per heavy atom.